The Morgan fingerprint density at radius 3 is 2.48 bits per heavy atom. The van der Waals surface area contributed by atoms with Gasteiger partial charge in [0.05, 0.1) is 6.54 Å². The van der Waals surface area contributed by atoms with Crippen LogP contribution in [0.25, 0.3) is 0 Å². The number of aryl methyl sites for hydroxylation is 1. The second-order valence-corrected chi connectivity index (χ2v) is 8.29. The molecule has 0 saturated heterocycles. The SMILES string of the molecule is Cc1cccc(Cn2cccc2CN(C(=O)Nc2ccc(F)c(F)c2)[C@H](C)C(C)C)c1. The van der Waals surface area contributed by atoms with Gasteiger partial charge in [0.1, 0.15) is 0 Å². The van der Waals surface area contributed by atoms with Gasteiger partial charge in [-0.15, -0.1) is 0 Å². The first-order valence-electron chi connectivity index (χ1n) is 10.5. The minimum Gasteiger partial charge on any atom is -0.345 e. The molecule has 0 spiro atoms. The number of benzene rings is 2. The molecule has 6 heteroatoms. The Balaban J connectivity index is 1.81. The molecule has 164 valence electrons. The molecule has 3 rings (SSSR count). The summed E-state index contributed by atoms with van der Waals surface area (Å²) < 4.78 is 28.9. The standard InChI is InChI=1S/C25H29F2N3O/c1-17(2)19(4)30(25(31)28-21-10-11-23(26)24(27)14-21)16-22-9-6-12-29(22)15-20-8-5-7-18(3)13-20/h5-14,17,19H,15-16H2,1-4H3,(H,28,31)/t19-/m1/s1. The minimum atomic E-state index is -0.992. The zero-order chi connectivity index (χ0) is 22.5. The molecule has 0 aliphatic heterocycles. The van der Waals surface area contributed by atoms with Gasteiger partial charge in [-0.1, -0.05) is 43.7 Å². The first-order valence-corrected chi connectivity index (χ1v) is 10.5. The van der Waals surface area contributed by atoms with E-state index in [1.54, 1.807) is 4.90 Å². The van der Waals surface area contributed by atoms with E-state index >= 15 is 0 Å². The number of rotatable bonds is 7. The molecule has 0 bridgehead atoms. The topological polar surface area (TPSA) is 37.3 Å². The molecule has 1 aromatic heterocycles. The van der Waals surface area contributed by atoms with Crippen LogP contribution >= 0.6 is 0 Å². The second-order valence-electron chi connectivity index (χ2n) is 8.29. The lowest BCUT2D eigenvalue weighted by molar-refractivity contribution is 0.168. The van der Waals surface area contributed by atoms with Gasteiger partial charge in [-0.25, -0.2) is 13.6 Å². The average Bonchev–Trinajstić information content (AvgIpc) is 3.15. The highest BCUT2D eigenvalue weighted by Gasteiger charge is 2.24. The fourth-order valence-corrected chi connectivity index (χ4v) is 3.46. The predicted octanol–water partition coefficient (Wildman–Crippen LogP) is 6.20. The van der Waals surface area contributed by atoms with Crippen LogP contribution in [0.1, 0.15) is 37.6 Å². The van der Waals surface area contributed by atoms with Crippen LogP contribution < -0.4 is 5.32 Å². The summed E-state index contributed by atoms with van der Waals surface area (Å²) in [5, 5.41) is 2.71. The number of urea groups is 1. The van der Waals surface area contributed by atoms with Gasteiger partial charge in [0.2, 0.25) is 0 Å². The molecule has 0 saturated carbocycles. The fraction of sp³-hybridized carbons (Fsp3) is 0.320. The summed E-state index contributed by atoms with van der Waals surface area (Å²) >= 11 is 0. The van der Waals surface area contributed by atoms with Gasteiger partial charge in [-0.3, -0.25) is 0 Å². The van der Waals surface area contributed by atoms with Crippen LogP contribution in [0.5, 0.6) is 0 Å². The third-order valence-electron chi connectivity index (χ3n) is 5.58. The molecule has 1 atom stereocenters. The fourth-order valence-electron chi connectivity index (χ4n) is 3.46. The predicted molar refractivity (Wildman–Crippen MR) is 120 cm³/mol. The zero-order valence-corrected chi connectivity index (χ0v) is 18.4. The second kappa shape index (κ2) is 9.77. The first kappa shape index (κ1) is 22.5. The van der Waals surface area contributed by atoms with E-state index in [1.807, 2.05) is 45.2 Å². The Morgan fingerprint density at radius 2 is 1.81 bits per heavy atom. The average molecular weight is 426 g/mol. The number of aromatic nitrogens is 1. The van der Waals surface area contributed by atoms with E-state index in [4.69, 9.17) is 0 Å². The summed E-state index contributed by atoms with van der Waals surface area (Å²) in [5.74, 6) is -1.72. The molecule has 3 aromatic rings. The molecule has 31 heavy (non-hydrogen) atoms. The summed E-state index contributed by atoms with van der Waals surface area (Å²) in [6.07, 6.45) is 2.00. The number of amides is 2. The van der Waals surface area contributed by atoms with Gasteiger partial charge in [-0.05, 0) is 49.6 Å². The van der Waals surface area contributed by atoms with Crippen molar-refractivity contribution < 1.29 is 13.6 Å². The van der Waals surface area contributed by atoms with Crippen molar-refractivity contribution in [3.05, 3.63) is 89.2 Å². The van der Waals surface area contributed by atoms with Crippen molar-refractivity contribution in [1.29, 1.82) is 0 Å². The van der Waals surface area contributed by atoms with Crippen LogP contribution in [0.2, 0.25) is 0 Å². The molecule has 1 N–H and O–H groups in total. The lowest BCUT2D eigenvalue weighted by Crippen LogP contribution is -2.43. The summed E-state index contributed by atoms with van der Waals surface area (Å²) in [5.41, 5.74) is 3.61. The number of carbonyl (C=O) groups is 1. The number of nitrogens with zero attached hydrogens (tertiary/aromatic N) is 2. The highest BCUT2D eigenvalue weighted by molar-refractivity contribution is 5.89. The summed E-state index contributed by atoms with van der Waals surface area (Å²) in [6, 6.07) is 15.2. The van der Waals surface area contributed by atoms with Gasteiger partial charge < -0.3 is 14.8 Å². The van der Waals surface area contributed by atoms with E-state index in [0.29, 0.717) is 13.1 Å². The summed E-state index contributed by atoms with van der Waals surface area (Å²) in [7, 11) is 0. The van der Waals surface area contributed by atoms with E-state index < -0.39 is 11.6 Å². The van der Waals surface area contributed by atoms with Crippen LogP contribution in [0, 0.1) is 24.5 Å². The van der Waals surface area contributed by atoms with E-state index in [-0.39, 0.29) is 23.7 Å². The smallest absolute Gasteiger partial charge is 0.322 e. The van der Waals surface area contributed by atoms with Gasteiger partial charge in [0, 0.05) is 36.2 Å². The normalized spacial score (nSPS) is 12.1. The van der Waals surface area contributed by atoms with E-state index in [0.717, 1.165) is 17.8 Å². The van der Waals surface area contributed by atoms with Crippen molar-refractivity contribution in [3.8, 4) is 0 Å². The van der Waals surface area contributed by atoms with Gasteiger partial charge in [0.15, 0.2) is 11.6 Å². The maximum atomic E-state index is 13.6. The van der Waals surface area contributed by atoms with Crippen LogP contribution in [0.15, 0.2) is 60.8 Å². The van der Waals surface area contributed by atoms with Crippen molar-refractivity contribution >= 4 is 11.7 Å². The quantitative estimate of drug-likeness (QED) is 0.481. The van der Waals surface area contributed by atoms with Crippen molar-refractivity contribution in [2.75, 3.05) is 5.32 Å². The maximum Gasteiger partial charge on any atom is 0.322 e. The first-order chi connectivity index (χ1) is 14.7. The Morgan fingerprint density at radius 1 is 1.03 bits per heavy atom. The number of nitrogens with one attached hydrogen (secondary N) is 1. The Labute approximate surface area is 182 Å². The van der Waals surface area contributed by atoms with Crippen molar-refractivity contribution in [2.24, 2.45) is 5.92 Å². The molecule has 2 aromatic carbocycles. The number of anilines is 1. The van der Waals surface area contributed by atoms with E-state index in [1.165, 1.54) is 17.2 Å². The Kier molecular flexibility index (Phi) is 7.10. The molecule has 0 fully saturated rings. The maximum absolute atomic E-state index is 13.6. The highest BCUT2D eigenvalue weighted by Crippen LogP contribution is 2.20. The monoisotopic (exact) mass is 425 g/mol. The minimum absolute atomic E-state index is 0.0624. The summed E-state index contributed by atoms with van der Waals surface area (Å²) in [4.78, 5) is 14.8. The third-order valence-corrected chi connectivity index (χ3v) is 5.58. The lowest BCUT2D eigenvalue weighted by atomic mass is 10.0. The summed E-state index contributed by atoms with van der Waals surface area (Å²) in [6.45, 7) is 9.26. The lowest BCUT2D eigenvalue weighted by Gasteiger charge is -2.32. The van der Waals surface area contributed by atoms with Crippen molar-refractivity contribution in [3.63, 3.8) is 0 Å². The molecule has 4 nitrogen and oxygen atoms in total. The molecule has 0 unspecified atom stereocenters. The van der Waals surface area contributed by atoms with E-state index in [2.05, 4.69) is 35.0 Å². The molecule has 0 radical (unpaired) electrons. The third kappa shape index (κ3) is 5.72. The Bertz CT molecular complexity index is 1040. The number of carbonyl (C=O) groups excluding carboxylic acids is 1. The van der Waals surface area contributed by atoms with Gasteiger partial charge in [0.25, 0.3) is 0 Å². The number of halogens is 2. The number of hydrogen-bond donors (Lipinski definition) is 1. The molecule has 1 heterocycles. The molecule has 0 aliphatic carbocycles. The molecule has 0 aliphatic rings. The zero-order valence-electron chi connectivity index (χ0n) is 18.4. The van der Waals surface area contributed by atoms with Gasteiger partial charge >= 0.3 is 6.03 Å². The number of hydrogen-bond acceptors (Lipinski definition) is 1. The van der Waals surface area contributed by atoms with Crippen molar-refractivity contribution in [1.82, 2.24) is 9.47 Å². The molecule has 2 amide bonds. The largest absolute Gasteiger partial charge is 0.345 e. The van der Waals surface area contributed by atoms with Crippen LogP contribution in [-0.2, 0) is 13.1 Å². The van der Waals surface area contributed by atoms with Crippen LogP contribution in [-0.4, -0.2) is 21.5 Å². The molecular weight excluding hydrogens is 396 g/mol. The molecular formula is C25H29F2N3O. The van der Waals surface area contributed by atoms with Gasteiger partial charge in [-0.2, -0.15) is 0 Å². The highest BCUT2D eigenvalue weighted by atomic mass is 19.2. The van der Waals surface area contributed by atoms with Crippen LogP contribution in [0.4, 0.5) is 19.3 Å². The Hall–Kier alpha value is -3.15. The van der Waals surface area contributed by atoms with Crippen molar-refractivity contribution in [2.45, 2.75) is 46.8 Å². The van der Waals surface area contributed by atoms with Crippen LogP contribution in [0.3, 0.4) is 0 Å². The van der Waals surface area contributed by atoms with E-state index in [9.17, 15) is 13.6 Å².